The maximum absolute atomic E-state index is 10.2. The van der Waals surface area contributed by atoms with Crippen LogP contribution in [0.15, 0.2) is 42.5 Å². The van der Waals surface area contributed by atoms with Crippen molar-refractivity contribution in [3.05, 3.63) is 42.5 Å². The van der Waals surface area contributed by atoms with Crippen LogP contribution in [0.5, 0.6) is 0 Å². The molecule has 14 heavy (non-hydrogen) atoms. The minimum Gasteiger partial charge on any atom is -0.466 e. The molecule has 0 fully saturated rings. The van der Waals surface area contributed by atoms with Gasteiger partial charge in [0.05, 0.1) is 7.11 Å². The number of hydrogen-bond donors (Lipinski definition) is 1. The molecule has 3 nitrogen and oxygen atoms in total. The van der Waals surface area contributed by atoms with E-state index in [-0.39, 0.29) is 5.97 Å². The van der Waals surface area contributed by atoms with Crippen molar-refractivity contribution in [3.63, 3.8) is 0 Å². The highest BCUT2D eigenvalue weighted by molar-refractivity contribution is 5.86. The number of ether oxygens (including phenoxy) is 1. The second kappa shape index (κ2) is 6.71. The van der Waals surface area contributed by atoms with Crippen molar-refractivity contribution in [3.8, 4) is 0 Å². The molecular formula is C11H15NO2. The lowest BCUT2D eigenvalue weighted by Crippen LogP contribution is -1.98. The van der Waals surface area contributed by atoms with E-state index in [2.05, 4.69) is 11.3 Å². The summed E-state index contributed by atoms with van der Waals surface area (Å²) in [5, 5.41) is 0. The molecule has 3 heteroatoms. The molecule has 0 radical (unpaired) electrons. The van der Waals surface area contributed by atoms with Gasteiger partial charge in [-0.2, -0.15) is 0 Å². The van der Waals surface area contributed by atoms with Gasteiger partial charge in [0.25, 0.3) is 0 Å². The molecule has 0 spiro atoms. The van der Waals surface area contributed by atoms with Crippen LogP contribution in [0.25, 0.3) is 0 Å². The third kappa shape index (κ3) is 5.83. The number of rotatable bonds is 1. The van der Waals surface area contributed by atoms with Gasteiger partial charge in [0.15, 0.2) is 0 Å². The van der Waals surface area contributed by atoms with Gasteiger partial charge in [0.2, 0.25) is 0 Å². The highest BCUT2D eigenvalue weighted by Gasteiger charge is 1.95. The highest BCUT2D eigenvalue weighted by Crippen LogP contribution is 1.95. The highest BCUT2D eigenvalue weighted by atomic mass is 16.5. The summed E-state index contributed by atoms with van der Waals surface area (Å²) >= 11 is 0. The van der Waals surface area contributed by atoms with Crippen LogP contribution in [0.4, 0.5) is 5.69 Å². The van der Waals surface area contributed by atoms with E-state index in [0.29, 0.717) is 5.57 Å². The summed E-state index contributed by atoms with van der Waals surface area (Å²) in [5.41, 5.74) is 6.61. The van der Waals surface area contributed by atoms with Crippen LogP contribution in [-0.2, 0) is 9.53 Å². The molecule has 0 heterocycles. The molecule has 0 amide bonds. The van der Waals surface area contributed by atoms with E-state index < -0.39 is 0 Å². The largest absolute Gasteiger partial charge is 0.466 e. The van der Waals surface area contributed by atoms with Crippen molar-refractivity contribution in [1.29, 1.82) is 0 Å². The first-order valence-electron chi connectivity index (χ1n) is 4.12. The number of carbonyl (C=O) groups excluding carboxylic acids is 1. The summed E-state index contributed by atoms with van der Waals surface area (Å²) in [6, 6.07) is 9.49. The minimum atomic E-state index is -0.347. The molecule has 0 aliphatic heterocycles. The van der Waals surface area contributed by atoms with Gasteiger partial charge in [-0.15, -0.1) is 0 Å². The number of hydrogen-bond acceptors (Lipinski definition) is 3. The molecule has 0 aliphatic carbocycles. The molecule has 0 saturated carbocycles. The van der Waals surface area contributed by atoms with Crippen molar-refractivity contribution in [1.82, 2.24) is 0 Å². The Kier molecular flexibility index (Phi) is 5.87. The van der Waals surface area contributed by atoms with Gasteiger partial charge < -0.3 is 10.5 Å². The summed E-state index contributed by atoms with van der Waals surface area (Å²) < 4.78 is 4.27. The van der Waals surface area contributed by atoms with Crippen molar-refractivity contribution in [2.75, 3.05) is 12.8 Å². The first-order chi connectivity index (χ1) is 6.57. The van der Waals surface area contributed by atoms with Crippen LogP contribution in [-0.4, -0.2) is 13.1 Å². The quantitative estimate of drug-likeness (QED) is 0.421. The molecular weight excluding hydrogens is 178 g/mol. The number of nitrogens with two attached hydrogens (primary N) is 1. The van der Waals surface area contributed by atoms with Crippen molar-refractivity contribution >= 4 is 11.7 Å². The predicted octanol–water partition coefficient (Wildman–Crippen LogP) is 2.00. The fourth-order valence-corrected chi connectivity index (χ4v) is 0.627. The number of methoxy groups -OCH3 is 1. The summed E-state index contributed by atoms with van der Waals surface area (Å²) in [7, 11) is 1.33. The summed E-state index contributed by atoms with van der Waals surface area (Å²) in [6.07, 6.45) is 0. The summed E-state index contributed by atoms with van der Waals surface area (Å²) in [6.45, 7) is 4.95. The maximum Gasteiger partial charge on any atom is 0.332 e. The van der Waals surface area contributed by atoms with Crippen molar-refractivity contribution in [2.24, 2.45) is 0 Å². The zero-order valence-corrected chi connectivity index (χ0v) is 8.49. The molecule has 1 aromatic rings. The van der Waals surface area contributed by atoms with E-state index in [9.17, 15) is 4.79 Å². The van der Waals surface area contributed by atoms with Crippen LogP contribution < -0.4 is 5.73 Å². The van der Waals surface area contributed by atoms with E-state index in [1.807, 2.05) is 30.3 Å². The van der Waals surface area contributed by atoms with Gasteiger partial charge in [-0.3, -0.25) is 0 Å². The van der Waals surface area contributed by atoms with Gasteiger partial charge in [0.1, 0.15) is 0 Å². The molecule has 0 aliphatic rings. The Hall–Kier alpha value is -1.77. The molecule has 1 aromatic carbocycles. The van der Waals surface area contributed by atoms with Crippen LogP contribution in [0, 0.1) is 0 Å². The third-order valence-corrected chi connectivity index (χ3v) is 1.33. The lowest BCUT2D eigenvalue weighted by Gasteiger charge is -1.91. The zero-order chi connectivity index (χ0) is 11.0. The molecule has 2 N–H and O–H groups in total. The Bertz CT molecular complexity index is 293. The van der Waals surface area contributed by atoms with Crippen LogP contribution >= 0.6 is 0 Å². The Morgan fingerprint density at radius 3 is 2.00 bits per heavy atom. The monoisotopic (exact) mass is 193 g/mol. The number of carbonyl (C=O) groups is 1. The zero-order valence-electron chi connectivity index (χ0n) is 8.49. The van der Waals surface area contributed by atoms with E-state index in [1.54, 1.807) is 6.92 Å². The van der Waals surface area contributed by atoms with Crippen molar-refractivity contribution < 1.29 is 9.53 Å². The second-order valence-electron chi connectivity index (χ2n) is 2.68. The number of para-hydroxylation sites is 1. The Morgan fingerprint density at radius 2 is 1.86 bits per heavy atom. The number of esters is 1. The van der Waals surface area contributed by atoms with Crippen LogP contribution in [0.3, 0.4) is 0 Å². The summed E-state index contributed by atoms with van der Waals surface area (Å²) in [5.74, 6) is -0.347. The fraction of sp³-hybridized carbons (Fsp3) is 0.182. The van der Waals surface area contributed by atoms with Crippen molar-refractivity contribution in [2.45, 2.75) is 6.92 Å². The predicted molar refractivity (Wildman–Crippen MR) is 57.7 cm³/mol. The smallest absolute Gasteiger partial charge is 0.332 e. The number of anilines is 1. The molecule has 0 bridgehead atoms. The normalized spacial score (nSPS) is 8.14. The van der Waals surface area contributed by atoms with Crippen LogP contribution in [0.1, 0.15) is 6.92 Å². The van der Waals surface area contributed by atoms with Gasteiger partial charge in [-0.1, -0.05) is 24.8 Å². The molecule has 0 atom stereocenters. The first-order valence-corrected chi connectivity index (χ1v) is 4.12. The van der Waals surface area contributed by atoms with E-state index in [1.165, 1.54) is 7.11 Å². The average Bonchev–Trinajstić information content (AvgIpc) is 2.18. The third-order valence-electron chi connectivity index (χ3n) is 1.33. The second-order valence-corrected chi connectivity index (χ2v) is 2.68. The van der Waals surface area contributed by atoms with E-state index >= 15 is 0 Å². The average molecular weight is 193 g/mol. The molecule has 0 unspecified atom stereocenters. The Balaban J connectivity index is 0.000000241. The van der Waals surface area contributed by atoms with Crippen LogP contribution in [0.2, 0.25) is 0 Å². The Morgan fingerprint density at radius 1 is 1.36 bits per heavy atom. The standard InChI is InChI=1S/C6H7N.C5H8O2/c7-6-4-2-1-3-5-6;1-4(2)5(6)7-3/h1-5H,7H2;1H2,2-3H3. The SMILES string of the molecule is C=C(C)C(=O)OC.Nc1ccccc1. The van der Waals surface area contributed by atoms with Gasteiger partial charge >= 0.3 is 5.97 Å². The van der Waals surface area contributed by atoms with E-state index in [4.69, 9.17) is 5.73 Å². The van der Waals surface area contributed by atoms with Gasteiger partial charge in [0, 0.05) is 11.3 Å². The molecule has 76 valence electrons. The molecule has 0 saturated heterocycles. The minimum absolute atomic E-state index is 0.347. The van der Waals surface area contributed by atoms with Gasteiger partial charge in [-0.05, 0) is 19.1 Å². The number of nitrogen functional groups attached to an aromatic ring is 1. The fourth-order valence-electron chi connectivity index (χ4n) is 0.627. The first kappa shape index (κ1) is 12.2. The molecule has 0 aromatic heterocycles. The van der Waals surface area contributed by atoms with Gasteiger partial charge in [-0.25, -0.2) is 4.79 Å². The topological polar surface area (TPSA) is 52.3 Å². The lowest BCUT2D eigenvalue weighted by molar-refractivity contribution is -0.136. The molecule has 1 rings (SSSR count). The number of benzene rings is 1. The van der Waals surface area contributed by atoms with E-state index in [0.717, 1.165) is 5.69 Å². The lowest BCUT2D eigenvalue weighted by atomic mass is 10.3. The Labute approximate surface area is 84.2 Å². The summed E-state index contributed by atoms with van der Waals surface area (Å²) in [4.78, 5) is 10.2. The maximum atomic E-state index is 10.2.